The van der Waals surface area contributed by atoms with Gasteiger partial charge in [0.2, 0.25) is 10.0 Å². The smallest absolute Gasteiger partial charge is 0.258 e. The lowest BCUT2D eigenvalue weighted by atomic mass is 10.1. The molecule has 34 heavy (non-hydrogen) atoms. The van der Waals surface area contributed by atoms with Gasteiger partial charge in [-0.3, -0.25) is 4.79 Å². The van der Waals surface area contributed by atoms with Gasteiger partial charge in [-0.15, -0.1) is 0 Å². The van der Waals surface area contributed by atoms with Crippen LogP contribution in [-0.2, 0) is 23.1 Å². The summed E-state index contributed by atoms with van der Waals surface area (Å²) < 4.78 is 42.5. The van der Waals surface area contributed by atoms with E-state index in [9.17, 15) is 17.6 Å². The summed E-state index contributed by atoms with van der Waals surface area (Å²) in [5.41, 5.74) is 0.740. The number of hydrogen-bond donors (Lipinski definition) is 1. The van der Waals surface area contributed by atoms with Gasteiger partial charge in [-0.1, -0.05) is 60.7 Å². The second-order valence-corrected chi connectivity index (χ2v) is 9.81. The van der Waals surface area contributed by atoms with E-state index in [2.05, 4.69) is 9.97 Å². The number of hydrogen-bond acceptors (Lipinski definition) is 4. The molecule has 0 aliphatic heterocycles. The van der Waals surface area contributed by atoms with Gasteiger partial charge < -0.3 is 4.98 Å². The highest BCUT2D eigenvalue weighted by Gasteiger charge is 2.27. The van der Waals surface area contributed by atoms with E-state index < -0.39 is 15.8 Å². The van der Waals surface area contributed by atoms with Crippen molar-refractivity contribution in [3.05, 3.63) is 119 Å². The Labute approximate surface area is 195 Å². The molecule has 0 amide bonds. The van der Waals surface area contributed by atoms with Crippen LogP contribution >= 0.6 is 0 Å². The highest BCUT2D eigenvalue weighted by molar-refractivity contribution is 7.89. The van der Waals surface area contributed by atoms with E-state index in [4.69, 9.17) is 0 Å². The van der Waals surface area contributed by atoms with E-state index in [0.717, 1.165) is 5.39 Å². The number of aromatic nitrogens is 2. The zero-order valence-electron chi connectivity index (χ0n) is 18.0. The van der Waals surface area contributed by atoms with Crippen LogP contribution in [0, 0.1) is 5.82 Å². The molecule has 170 valence electrons. The number of rotatable bonds is 6. The first-order valence-corrected chi connectivity index (χ1v) is 12.1. The molecule has 0 spiro atoms. The van der Waals surface area contributed by atoms with E-state index in [0.29, 0.717) is 21.9 Å². The molecule has 0 saturated heterocycles. The monoisotopic (exact) mass is 473 g/mol. The van der Waals surface area contributed by atoms with Crippen molar-refractivity contribution in [1.29, 1.82) is 0 Å². The predicted molar refractivity (Wildman–Crippen MR) is 129 cm³/mol. The first-order chi connectivity index (χ1) is 16.4. The molecule has 0 unspecified atom stereocenters. The fraction of sp³-hybridized carbons (Fsp3) is 0.0769. The fourth-order valence-electron chi connectivity index (χ4n) is 3.96. The third-order valence-electron chi connectivity index (χ3n) is 5.63. The Morgan fingerprint density at radius 2 is 1.47 bits per heavy atom. The molecule has 0 radical (unpaired) electrons. The number of aromatic amines is 1. The van der Waals surface area contributed by atoms with Gasteiger partial charge >= 0.3 is 0 Å². The lowest BCUT2D eigenvalue weighted by Gasteiger charge is -2.23. The maximum absolute atomic E-state index is 13.9. The molecule has 5 aromatic rings. The summed E-state index contributed by atoms with van der Waals surface area (Å²) in [7, 11) is -4.02. The van der Waals surface area contributed by atoms with Crippen molar-refractivity contribution in [3.63, 3.8) is 0 Å². The predicted octanol–water partition coefficient (Wildman–Crippen LogP) is 4.61. The molecule has 0 fully saturated rings. The highest BCUT2D eigenvalue weighted by Crippen LogP contribution is 2.27. The molecule has 0 aliphatic rings. The molecule has 1 heterocycles. The SMILES string of the molecule is O=c1[nH]c(CN(Cc2ccc(F)cc2)S(=O)(=O)c2cccc3ccccc23)nc2ccccc12. The Morgan fingerprint density at radius 3 is 2.26 bits per heavy atom. The van der Waals surface area contributed by atoms with Crippen LogP contribution in [0.5, 0.6) is 0 Å². The Hall–Kier alpha value is -3.88. The third kappa shape index (κ3) is 4.21. The molecule has 1 N–H and O–H groups in total. The first-order valence-electron chi connectivity index (χ1n) is 10.6. The Balaban J connectivity index is 1.62. The number of H-pyrrole nitrogens is 1. The zero-order chi connectivity index (χ0) is 23.7. The van der Waals surface area contributed by atoms with Gasteiger partial charge in [0.25, 0.3) is 5.56 Å². The van der Waals surface area contributed by atoms with Gasteiger partial charge in [0.15, 0.2) is 0 Å². The zero-order valence-corrected chi connectivity index (χ0v) is 18.8. The lowest BCUT2D eigenvalue weighted by molar-refractivity contribution is 0.392. The standard InChI is InChI=1S/C26H20FN3O3S/c27-20-14-12-18(13-15-20)16-30(17-25-28-23-10-4-3-9-22(23)26(31)29-25)34(32,33)24-11-5-7-19-6-1-2-8-21(19)24/h1-15H,16-17H2,(H,28,29,31). The maximum atomic E-state index is 13.9. The molecule has 4 aromatic carbocycles. The van der Waals surface area contributed by atoms with Gasteiger partial charge in [0, 0.05) is 11.9 Å². The van der Waals surface area contributed by atoms with Crippen LogP contribution in [0.25, 0.3) is 21.7 Å². The lowest BCUT2D eigenvalue weighted by Crippen LogP contribution is -2.32. The van der Waals surface area contributed by atoms with Crippen LogP contribution in [0.1, 0.15) is 11.4 Å². The maximum Gasteiger partial charge on any atom is 0.258 e. The van der Waals surface area contributed by atoms with Crippen molar-refractivity contribution in [2.45, 2.75) is 18.0 Å². The van der Waals surface area contributed by atoms with Crippen LogP contribution < -0.4 is 5.56 Å². The van der Waals surface area contributed by atoms with E-state index in [1.165, 1.54) is 28.6 Å². The number of sulfonamides is 1. The van der Waals surface area contributed by atoms with E-state index in [1.54, 1.807) is 48.5 Å². The molecule has 6 nitrogen and oxygen atoms in total. The minimum absolute atomic E-state index is 0.0254. The molecular formula is C26H20FN3O3S. The van der Waals surface area contributed by atoms with Crippen LogP contribution in [0.4, 0.5) is 4.39 Å². The number of benzene rings is 4. The summed E-state index contributed by atoms with van der Waals surface area (Å²) in [6.45, 7) is -0.189. The van der Waals surface area contributed by atoms with Crippen LogP contribution in [0.15, 0.2) is 101 Å². The van der Waals surface area contributed by atoms with Gasteiger partial charge in [-0.25, -0.2) is 17.8 Å². The largest absolute Gasteiger partial charge is 0.309 e. The fourth-order valence-corrected chi connectivity index (χ4v) is 5.56. The first kappa shape index (κ1) is 21.9. The highest BCUT2D eigenvalue weighted by atomic mass is 32.2. The quantitative estimate of drug-likeness (QED) is 0.391. The van der Waals surface area contributed by atoms with E-state index >= 15 is 0 Å². The summed E-state index contributed by atoms with van der Waals surface area (Å²) in [5, 5.41) is 1.81. The van der Waals surface area contributed by atoms with E-state index in [-0.39, 0.29) is 29.4 Å². The topological polar surface area (TPSA) is 83.1 Å². The second-order valence-electron chi connectivity index (χ2n) is 7.91. The van der Waals surface area contributed by atoms with Crippen LogP contribution in [0.3, 0.4) is 0 Å². The van der Waals surface area contributed by atoms with Crippen LogP contribution in [-0.4, -0.2) is 22.7 Å². The van der Waals surface area contributed by atoms with Gasteiger partial charge in [-0.05, 0) is 41.3 Å². The average molecular weight is 474 g/mol. The minimum atomic E-state index is -4.02. The Kier molecular flexibility index (Phi) is 5.69. The molecule has 5 rings (SSSR count). The number of para-hydroxylation sites is 1. The van der Waals surface area contributed by atoms with Crippen molar-refractivity contribution < 1.29 is 12.8 Å². The van der Waals surface area contributed by atoms with Gasteiger partial charge in [-0.2, -0.15) is 4.31 Å². The van der Waals surface area contributed by atoms with Crippen LogP contribution in [0.2, 0.25) is 0 Å². The van der Waals surface area contributed by atoms with Gasteiger partial charge in [0.1, 0.15) is 11.6 Å². The van der Waals surface area contributed by atoms with Crippen molar-refractivity contribution in [1.82, 2.24) is 14.3 Å². The van der Waals surface area contributed by atoms with Crippen molar-refractivity contribution in [2.75, 3.05) is 0 Å². The Morgan fingerprint density at radius 1 is 0.794 bits per heavy atom. The number of fused-ring (bicyclic) bond motifs is 2. The molecule has 0 aliphatic carbocycles. The van der Waals surface area contributed by atoms with Crippen molar-refractivity contribution >= 4 is 31.7 Å². The molecule has 0 atom stereocenters. The molecule has 8 heteroatoms. The summed E-state index contributed by atoms with van der Waals surface area (Å²) >= 11 is 0. The van der Waals surface area contributed by atoms with Crippen molar-refractivity contribution in [3.8, 4) is 0 Å². The second kappa shape index (κ2) is 8.81. The van der Waals surface area contributed by atoms with E-state index in [1.807, 2.05) is 18.2 Å². The molecular weight excluding hydrogens is 453 g/mol. The normalized spacial score (nSPS) is 11.9. The minimum Gasteiger partial charge on any atom is -0.309 e. The number of halogens is 1. The summed E-state index contributed by atoms with van der Waals surface area (Å²) in [5.74, 6) is -0.192. The third-order valence-corrected chi connectivity index (χ3v) is 7.48. The summed E-state index contributed by atoms with van der Waals surface area (Å²) in [4.78, 5) is 19.9. The number of nitrogens with one attached hydrogen (secondary N) is 1. The Bertz CT molecular complexity index is 1660. The number of nitrogens with zero attached hydrogens (tertiary/aromatic N) is 2. The van der Waals surface area contributed by atoms with Gasteiger partial charge in [0.05, 0.1) is 22.3 Å². The molecule has 0 saturated carbocycles. The summed E-state index contributed by atoms with van der Waals surface area (Å²) in [6.07, 6.45) is 0. The molecule has 1 aromatic heterocycles. The average Bonchev–Trinajstić information content (AvgIpc) is 2.84. The summed E-state index contributed by atoms with van der Waals surface area (Å²) in [6, 6.07) is 24.9. The molecule has 0 bridgehead atoms. The van der Waals surface area contributed by atoms with Crippen molar-refractivity contribution in [2.24, 2.45) is 0 Å².